The Morgan fingerprint density at radius 1 is 0.625 bits per heavy atom. The molecule has 0 bridgehead atoms. The molecule has 0 saturated heterocycles. The maximum Gasteiger partial charge on any atom is 0.175 e. The second-order valence-corrected chi connectivity index (χ2v) is 9.12. The van der Waals surface area contributed by atoms with Gasteiger partial charge in [-0.1, -0.05) is 113 Å². The Hall–Kier alpha value is -3.49. The Labute approximate surface area is 195 Å². The topological polar surface area (TPSA) is 17.1 Å². The van der Waals surface area contributed by atoms with E-state index in [0.29, 0.717) is 0 Å². The van der Waals surface area contributed by atoms with Crippen LogP contribution in [0.15, 0.2) is 114 Å². The van der Waals surface area contributed by atoms with E-state index in [0.717, 1.165) is 49.0 Å². The number of benzene rings is 4. The molecule has 0 aromatic heterocycles. The second-order valence-electron chi connectivity index (χ2n) is 8.21. The van der Waals surface area contributed by atoms with Crippen molar-refractivity contribution >= 4 is 38.9 Å². The Morgan fingerprint density at radius 2 is 1.28 bits per heavy atom. The van der Waals surface area contributed by atoms with Gasteiger partial charge in [-0.3, -0.25) is 4.79 Å². The first-order valence-electron chi connectivity index (χ1n) is 10.7. The van der Waals surface area contributed by atoms with Crippen molar-refractivity contribution in [3.63, 3.8) is 0 Å². The zero-order chi connectivity index (χ0) is 21.7. The highest BCUT2D eigenvalue weighted by molar-refractivity contribution is 9.10. The molecule has 0 N–H and O–H groups in total. The number of fused-ring (bicyclic) bond motifs is 4. The third kappa shape index (κ3) is 2.60. The lowest BCUT2D eigenvalue weighted by Crippen LogP contribution is -2.38. The van der Waals surface area contributed by atoms with Gasteiger partial charge in [-0.05, 0) is 62.7 Å². The van der Waals surface area contributed by atoms with Gasteiger partial charge in [-0.15, -0.1) is 0 Å². The third-order valence-electron chi connectivity index (χ3n) is 6.55. The highest BCUT2D eigenvalue weighted by Crippen LogP contribution is 2.58. The van der Waals surface area contributed by atoms with E-state index in [4.69, 9.17) is 0 Å². The van der Waals surface area contributed by atoms with Crippen LogP contribution < -0.4 is 0 Å². The summed E-state index contributed by atoms with van der Waals surface area (Å²) in [6, 6.07) is 35.4. The number of hydrogen-bond donors (Lipinski definition) is 0. The first-order chi connectivity index (χ1) is 15.7. The van der Waals surface area contributed by atoms with Crippen LogP contribution in [0.2, 0.25) is 0 Å². The van der Waals surface area contributed by atoms with Crippen molar-refractivity contribution in [2.75, 3.05) is 0 Å². The zero-order valence-corrected chi connectivity index (χ0v) is 18.8. The van der Waals surface area contributed by atoms with Gasteiger partial charge < -0.3 is 0 Å². The van der Waals surface area contributed by atoms with Crippen molar-refractivity contribution in [2.24, 2.45) is 0 Å². The summed E-state index contributed by atoms with van der Waals surface area (Å²) in [7, 11) is 0. The quantitative estimate of drug-likeness (QED) is 0.297. The highest BCUT2D eigenvalue weighted by atomic mass is 79.9. The maximum atomic E-state index is 14.1. The lowest BCUT2D eigenvalue weighted by Gasteiger charge is -2.36. The van der Waals surface area contributed by atoms with Gasteiger partial charge in [0.15, 0.2) is 5.78 Å². The summed E-state index contributed by atoms with van der Waals surface area (Å²) in [5.41, 5.74) is 7.74. The minimum Gasteiger partial charge on any atom is -0.293 e. The Morgan fingerprint density at radius 3 is 2.03 bits per heavy atom. The fourth-order valence-electron chi connectivity index (χ4n) is 5.31. The molecule has 1 spiro atoms. The van der Waals surface area contributed by atoms with Crippen molar-refractivity contribution in [1.29, 1.82) is 0 Å². The SMILES string of the molecule is O=C1C=Cc2ccc(Br)cc2C12C(c1ccccc1)=C(c1ccccc1)c1ccccc12. The molecule has 0 saturated carbocycles. The molecular weight excluding hydrogens is 456 g/mol. The van der Waals surface area contributed by atoms with Crippen molar-refractivity contribution in [3.05, 3.63) is 147 Å². The summed E-state index contributed by atoms with van der Waals surface area (Å²) in [6.45, 7) is 0. The number of carbonyl (C=O) groups excluding carboxylic acids is 1. The fourth-order valence-corrected chi connectivity index (χ4v) is 5.67. The van der Waals surface area contributed by atoms with Gasteiger partial charge in [0, 0.05) is 4.47 Å². The van der Waals surface area contributed by atoms with E-state index in [1.807, 2.05) is 42.5 Å². The molecule has 6 rings (SSSR count). The normalized spacial score (nSPS) is 18.7. The number of carbonyl (C=O) groups is 1. The smallest absolute Gasteiger partial charge is 0.175 e. The van der Waals surface area contributed by atoms with Crippen LogP contribution in [0.25, 0.3) is 17.2 Å². The Bertz CT molecular complexity index is 1430. The van der Waals surface area contributed by atoms with Crippen molar-refractivity contribution < 1.29 is 4.79 Å². The molecule has 1 unspecified atom stereocenters. The van der Waals surface area contributed by atoms with Gasteiger partial charge in [0.2, 0.25) is 0 Å². The Balaban J connectivity index is 1.84. The summed E-state index contributed by atoms with van der Waals surface area (Å²) in [5.74, 6) is 0.0975. The van der Waals surface area contributed by atoms with Crippen LogP contribution in [0.4, 0.5) is 0 Å². The van der Waals surface area contributed by atoms with Gasteiger partial charge in [-0.25, -0.2) is 0 Å². The third-order valence-corrected chi connectivity index (χ3v) is 7.05. The molecule has 0 radical (unpaired) electrons. The summed E-state index contributed by atoms with van der Waals surface area (Å²) >= 11 is 3.67. The number of halogens is 1. The molecule has 1 atom stereocenters. The van der Waals surface area contributed by atoms with Crippen LogP contribution in [0.5, 0.6) is 0 Å². The molecule has 4 aromatic rings. The van der Waals surface area contributed by atoms with Crippen LogP contribution >= 0.6 is 15.9 Å². The summed E-state index contributed by atoms with van der Waals surface area (Å²) in [4.78, 5) is 14.1. The molecule has 152 valence electrons. The van der Waals surface area contributed by atoms with Crippen LogP contribution in [-0.2, 0) is 10.2 Å². The van der Waals surface area contributed by atoms with Gasteiger partial charge in [0.05, 0.1) is 0 Å². The predicted molar refractivity (Wildman–Crippen MR) is 134 cm³/mol. The average Bonchev–Trinajstić information content (AvgIpc) is 3.15. The number of allylic oxidation sites excluding steroid dienone is 2. The average molecular weight is 475 g/mol. The number of rotatable bonds is 2. The molecule has 0 heterocycles. The molecule has 32 heavy (non-hydrogen) atoms. The molecule has 4 aromatic carbocycles. The molecule has 1 nitrogen and oxygen atoms in total. The monoisotopic (exact) mass is 474 g/mol. The molecule has 2 heteroatoms. The van der Waals surface area contributed by atoms with Gasteiger partial charge in [0.25, 0.3) is 0 Å². The first kappa shape index (κ1) is 19.2. The summed E-state index contributed by atoms with van der Waals surface area (Å²) < 4.78 is 0.969. The maximum absolute atomic E-state index is 14.1. The summed E-state index contributed by atoms with van der Waals surface area (Å²) in [6.07, 6.45) is 3.70. The van der Waals surface area contributed by atoms with Gasteiger partial charge in [-0.2, -0.15) is 0 Å². The van der Waals surface area contributed by atoms with E-state index >= 15 is 0 Å². The molecule has 0 fully saturated rings. The van der Waals surface area contributed by atoms with E-state index in [1.54, 1.807) is 6.08 Å². The highest BCUT2D eigenvalue weighted by Gasteiger charge is 2.53. The van der Waals surface area contributed by atoms with Crippen molar-refractivity contribution in [2.45, 2.75) is 5.41 Å². The number of hydrogen-bond acceptors (Lipinski definition) is 1. The fraction of sp³-hybridized carbons (Fsp3) is 0.0333. The van der Waals surface area contributed by atoms with Crippen molar-refractivity contribution in [1.82, 2.24) is 0 Å². The predicted octanol–water partition coefficient (Wildman–Crippen LogP) is 7.30. The molecule has 2 aliphatic carbocycles. The van der Waals surface area contributed by atoms with Crippen LogP contribution in [0, 0.1) is 0 Å². The number of ketones is 1. The lowest BCUT2D eigenvalue weighted by atomic mass is 9.63. The van der Waals surface area contributed by atoms with Crippen LogP contribution in [0.1, 0.15) is 33.4 Å². The van der Waals surface area contributed by atoms with Crippen molar-refractivity contribution in [3.8, 4) is 0 Å². The van der Waals surface area contributed by atoms with Gasteiger partial charge >= 0.3 is 0 Å². The van der Waals surface area contributed by atoms with E-state index < -0.39 is 5.41 Å². The minimum atomic E-state index is -0.892. The molecule has 2 aliphatic rings. The van der Waals surface area contributed by atoms with E-state index in [1.165, 1.54) is 0 Å². The van der Waals surface area contributed by atoms with E-state index in [9.17, 15) is 4.79 Å². The first-order valence-corrected chi connectivity index (χ1v) is 11.5. The minimum absolute atomic E-state index is 0.0975. The standard InChI is InChI=1S/C30H19BrO/c31-23-17-15-20-16-18-27(32)30(26(20)19-23)25-14-8-7-13-24(25)28(21-9-3-1-4-10-21)29(30)22-11-5-2-6-12-22/h1-19H. The summed E-state index contributed by atoms with van der Waals surface area (Å²) in [5, 5.41) is 0. The van der Waals surface area contributed by atoms with Crippen LogP contribution in [-0.4, -0.2) is 5.78 Å². The molecule has 0 amide bonds. The van der Waals surface area contributed by atoms with Gasteiger partial charge in [0.1, 0.15) is 5.41 Å². The molecule has 0 aliphatic heterocycles. The Kier molecular flexibility index (Phi) is 4.38. The van der Waals surface area contributed by atoms with E-state index in [-0.39, 0.29) is 5.78 Å². The zero-order valence-electron chi connectivity index (χ0n) is 17.3. The van der Waals surface area contributed by atoms with Crippen LogP contribution in [0.3, 0.4) is 0 Å². The second kappa shape index (κ2) is 7.29. The molecular formula is C30H19BrO. The largest absolute Gasteiger partial charge is 0.293 e. The lowest BCUT2D eigenvalue weighted by molar-refractivity contribution is -0.116. The van der Waals surface area contributed by atoms with E-state index in [2.05, 4.69) is 82.7 Å².